The van der Waals surface area contributed by atoms with Crippen LogP contribution in [-0.4, -0.2) is 12.2 Å². The summed E-state index contributed by atoms with van der Waals surface area (Å²) in [6, 6.07) is 19.9. The van der Waals surface area contributed by atoms with Gasteiger partial charge >= 0.3 is 0 Å². The van der Waals surface area contributed by atoms with E-state index >= 15 is 0 Å². The van der Waals surface area contributed by atoms with E-state index in [0.717, 1.165) is 48.5 Å². The normalized spacial score (nSPS) is 11.0. The van der Waals surface area contributed by atoms with Gasteiger partial charge in [0.05, 0.1) is 7.11 Å². The molecule has 0 bridgehead atoms. The zero-order chi connectivity index (χ0) is 18.3. The molecule has 0 aromatic heterocycles. The molecule has 0 spiro atoms. The van der Waals surface area contributed by atoms with E-state index in [1.165, 1.54) is 0 Å². The van der Waals surface area contributed by atoms with Gasteiger partial charge in [-0.15, -0.1) is 0 Å². The highest BCUT2D eigenvalue weighted by atomic mass is 79.9. The largest absolute Gasteiger partial charge is 0.507 e. The fourth-order valence-electron chi connectivity index (χ4n) is 3.44. The number of halogens is 1. The van der Waals surface area contributed by atoms with Crippen LogP contribution >= 0.6 is 15.9 Å². The van der Waals surface area contributed by atoms with E-state index < -0.39 is 0 Å². The van der Waals surface area contributed by atoms with Gasteiger partial charge in [0.2, 0.25) is 0 Å². The standard InChI is InChI=1S/C23H17BrO2/c1-3-14-4-8-18-15(12-14)5-10-20(25)22(18)23-19-9-7-17(24)13-16(19)6-11-21(23)26-2/h3-13,25H,1H2,2H3. The Kier molecular flexibility index (Phi) is 4.17. The number of benzene rings is 4. The Morgan fingerprint density at radius 2 is 1.58 bits per heavy atom. The molecule has 0 aliphatic carbocycles. The van der Waals surface area contributed by atoms with Crippen LogP contribution in [0, 0.1) is 0 Å². The maximum absolute atomic E-state index is 10.7. The van der Waals surface area contributed by atoms with Gasteiger partial charge in [-0.1, -0.05) is 58.9 Å². The molecule has 0 amide bonds. The van der Waals surface area contributed by atoms with Crippen LogP contribution in [0.25, 0.3) is 38.7 Å². The third-order valence-corrected chi connectivity index (χ3v) is 5.16. The minimum atomic E-state index is 0.234. The molecule has 1 N–H and O–H groups in total. The highest BCUT2D eigenvalue weighted by molar-refractivity contribution is 9.10. The SMILES string of the molecule is C=Cc1ccc2c(-c3c(OC)ccc4cc(Br)ccc34)c(O)ccc2c1. The monoisotopic (exact) mass is 404 g/mol. The molecule has 26 heavy (non-hydrogen) atoms. The zero-order valence-electron chi connectivity index (χ0n) is 14.3. The van der Waals surface area contributed by atoms with E-state index in [1.807, 2.05) is 48.5 Å². The molecular weight excluding hydrogens is 388 g/mol. The molecule has 0 unspecified atom stereocenters. The molecule has 0 aliphatic heterocycles. The van der Waals surface area contributed by atoms with Crippen molar-refractivity contribution in [1.29, 1.82) is 0 Å². The number of phenolic OH excluding ortho intramolecular Hbond substituents is 1. The third kappa shape index (κ3) is 2.65. The second-order valence-electron chi connectivity index (χ2n) is 6.15. The molecule has 0 saturated heterocycles. The van der Waals surface area contributed by atoms with E-state index in [1.54, 1.807) is 13.2 Å². The lowest BCUT2D eigenvalue weighted by atomic mass is 9.91. The second kappa shape index (κ2) is 6.50. The number of hydrogen-bond acceptors (Lipinski definition) is 2. The van der Waals surface area contributed by atoms with E-state index in [2.05, 4.69) is 34.6 Å². The van der Waals surface area contributed by atoms with Gasteiger partial charge in [-0.3, -0.25) is 0 Å². The highest BCUT2D eigenvalue weighted by Crippen LogP contribution is 2.45. The van der Waals surface area contributed by atoms with Crippen LogP contribution in [0.4, 0.5) is 0 Å². The van der Waals surface area contributed by atoms with Crippen LogP contribution in [0.1, 0.15) is 5.56 Å². The summed E-state index contributed by atoms with van der Waals surface area (Å²) < 4.78 is 6.66. The van der Waals surface area contributed by atoms with Crippen molar-refractivity contribution in [3.05, 3.63) is 77.3 Å². The van der Waals surface area contributed by atoms with Gasteiger partial charge in [-0.2, -0.15) is 0 Å². The Hall–Kier alpha value is -2.78. The first-order valence-corrected chi connectivity index (χ1v) is 9.06. The van der Waals surface area contributed by atoms with Crippen LogP contribution < -0.4 is 4.74 Å². The van der Waals surface area contributed by atoms with Crippen molar-refractivity contribution in [2.45, 2.75) is 0 Å². The first-order valence-electron chi connectivity index (χ1n) is 8.27. The molecule has 4 aromatic rings. The van der Waals surface area contributed by atoms with Crippen molar-refractivity contribution >= 4 is 43.6 Å². The van der Waals surface area contributed by atoms with Crippen LogP contribution in [0.3, 0.4) is 0 Å². The quantitative estimate of drug-likeness (QED) is 0.407. The van der Waals surface area contributed by atoms with Crippen LogP contribution in [0.2, 0.25) is 0 Å². The second-order valence-corrected chi connectivity index (χ2v) is 7.07. The summed E-state index contributed by atoms with van der Waals surface area (Å²) in [6.07, 6.45) is 1.82. The maximum Gasteiger partial charge on any atom is 0.127 e. The molecule has 2 nitrogen and oxygen atoms in total. The summed E-state index contributed by atoms with van der Waals surface area (Å²) in [5, 5.41) is 14.9. The first-order chi connectivity index (χ1) is 12.6. The van der Waals surface area contributed by atoms with Crippen LogP contribution in [0.5, 0.6) is 11.5 Å². The Balaban J connectivity index is 2.15. The zero-order valence-corrected chi connectivity index (χ0v) is 15.9. The van der Waals surface area contributed by atoms with E-state index in [9.17, 15) is 5.11 Å². The predicted molar refractivity (Wildman–Crippen MR) is 113 cm³/mol. The van der Waals surface area contributed by atoms with Gasteiger partial charge in [-0.05, 0) is 57.4 Å². The van der Waals surface area contributed by atoms with E-state index in [-0.39, 0.29) is 5.75 Å². The topological polar surface area (TPSA) is 29.5 Å². The van der Waals surface area contributed by atoms with E-state index in [4.69, 9.17) is 4.74 Å². The molecule has 0 atom stereocenters. The smallest absolute Gasteiger partial charge is 0.127 e. The van der Waals surface area contributed by atoms with Gasteiger partial charge in [0.25, 0.3) is 0 Å². The minimum absolute atomic E-state index is 0.234. The Morgan fingerprint density at radius 1 is 0.885 bits per heavy atom. The summed E-state index contributed by atoms with van der Waals surface area (Å²) in [4.78, 5) is 0. The molecular formula is C23H17BrO2. The summed E-state index contributed by atoms with van der Waals surface area (Å²) >= 11 is 3.53. The van der Waals surface area contributed by atoms with Crippen molar-refractivity contribution in [2.24, 2.45) is 0 Å². The molecule has 0 aliphatic rings. The van der Waals surface area contributed by atoms with Crippen LogP contribution in [0.15, 0.2) is 71.7 Å². The average molecular weight is 405 g/mol. The van der Waals surface area contributed by atoms with E-state index in [0.29, 0.717) is 0 Å². The van der Waals surface area contributed by atoms with Gasteiger partial charge in [0, 0.05) is 15.6 Å². The fraction of sp³-hybridized carbons (Fsp3) is 0.0435. The Morgan fingerprint density at radius 3 is 2.35 bits per heavy atom. The maximum atomic E-state index is 10.7. The number of ether oxygens (including phenoxy) is 1. The number of hydrogen-bond donors (Lipinski definition) is 1. The average Bonchev–Trinajstić information content (AvgIpc) is 2.66. The molecule has 4 aromatic carbocycles. The van der Waals surface area contributed by atoms with Crippen molar-refractivity contribution < 1.29 is 9.84 Å². The summed E-state index contributed by atoms with van der Waals surface area (Å²) in [5.41, 5.74) is 2.72. The molecule has 3 heteroatoms. The molecule has 0 heterocycles. The summed E-state index contributed by atoms with van der Waals surface area (Å²) in [5.74, 6) is 0.966. The van der Waals surface area contributed by atoms with Crippen molar-refractivity contribution in [3.8, 4) is 22.6 Å². The number of methoxy groups -OCH3 is 1. The number of phenols is 1. The van der Waals surface area contributed by atoms with Gasteiger partial charge in [0.15, 0.2) is 0 Å². The fourth-order valence-corrected chi connectivity index (χ4v) is 3.81. The Labute approximate surface area is 160 Å². The molecule has 0 radical (unpaired) electrons. The highest BCUT2D eigenvalue weighted by Gasteiger charge is 2.17. The Bertz CT molecular complexity index is 1160. The van der Waals surface area contributed by atoms with Gasteiger partial charge in [0.1, 0.15) is 11.5 Å². The number of fused-ring (bicyclic) bond motifs is 2. The lowest BCUT2D eigenvalue weighted by Crippen LogP contribution is -1.92. The summed E-state index contributed by atoms with van der Waals surface area (Å²) in [7, 11) is 1.65. The predicted octanol–water partition coefficient (Wildman–Crippen LogP) is 6.78. The molecule has 128 valence electrons. The van der Waals surface area contributed by atoms with Gasteiger partial charge in [-0.25, -0.2) is 0 Å². The molecule has 4 rings (SSSR count). The number of rotatable bonds is 3. The van der Waals surface area contributed by atoms with Gasteiger partial charge < -0.3 is 9.84 Å². The summed E-state index contributed by atoms with van der Waals surface area (Å²) in [6.45, 7) is 3.84. The lowest BCUT2D eigenvalue weighted by molar-refractivity contribution is 0.416. The molecule has 0 saturated carbocycles. The third-order valence-electron chi connectivity index (χ3n) is 4.67. The minimum Gasteiger partial charge on any atom is -0.507 e. The van der Waals surface area contributed by atoms with Crippen molar-refractivity contribution in [3.63, 3.8) is 0 Å². The van der Waals surface area contributed by atoms with Crippen molar-refractivity contribution in [2.75, 3.05) is 7.11 Å². The lowest BCUT2D eigenvalue weighted by Gasteiger charge is -2.16. The number of aromatic hydroxyl groups is 1. The van der Waals surface area contributed by atoms with Crippen LogP contribution in [-0.2, 0) is 0 Å². The van der Waals surface area contributed by atoms with Crippen molar-refractivity contribution in [1.82, 2.24) is 0 Å². The first kappa shape index (κ1) is 16.7. The molecule has 0 fully saturated rings.